The van der Waals surface area contributed by atoms with Gasteiger partial charge in [-0.15, -0.1) is 0 Å². The van der Waals surface area contributed by atoms with Crippen molar-refractivity contribution in [1.29, 1.82) is 0 Å². The van der Waals surface area contributed by atoms with E-state index in [1.807, 2.05) is 27.7 Å². The molecule has 0 unspecified atom stereocenters. The molecule has 0 bridgehead atoms. The van der Waals surface area contributed by atoms with Gasteiger partial charge in [0, 0.05) is 16.0 Å². The highest BCUT2D eigenvalue weighted by atomic mass is 16.7. The van der Waals surface area contributed by atoms with Gasteiger partial charge < -0.3 is 13.9 Å². The zero-order valence-electron chi connectivity index (χ0n) is 20.2. The molecule has 0 atom stereocenters. The minimum absolute atomic E-state index is 0.0149. The van der Waals surface area contributed by atoms with E-state index in [0.29, 0.717) is 0 Å². The lowest BCUT2D eigenvalue weighted by atomic mass is 9.86. The summed E-state index contributed by atoms with van der Waals surface area (Å²) in [5, 5.41) is 0. The van der Waals surface area contributed by atoms with Crippen LogP contribution in [0.3, 0.4) is 0 Å². The van der Waals surface area contributed by atoms with Crippen LogP contribution in [-0.4, -0.2) is 32.9 Å². The summed E-state index contributed by atoms with van der Waals surface area (Å²) in [5.41, 5.74) is -2.46. The first kappa shape index (κ1) is 7.56. The largest absolute Gasteiger partial charge is 0.516 e. The second-order valence-corrected chi connectivity index (χ2v) is 5.80. The molecule has 2 aromatic heterocycles. The zero-order chi connectivity index (χ0) is 22.1. The minimum atomic E-state index is -2.77. The molecular formula is C15H20BN3O2. The van der Waals surface area contributed by atoms with Gasteiger partial charge in [0.05, 0.1) is 40.4 Å². The van der Waals surface area contributed by atoms with E-state index in [4.69, 9.17) is 20.3 Å². The van der Waals surface area contributed by atoms with Crippen molar-refractivity contribution in [2.45, 2.75) is 45.7 Å². The predicted molar refractivity (Wildman–Crippen MR) is 81.8 cm³/mol. The van der Waals surface area contributed by atoms with E-state index in [1.54, 1.807) is 0 Å². The summed E-state index contributed by atoms with van der Waals surface area (Å²) < 4.78 is 75.6. The molecule has 0 amide bonds. The summed E-state index contributed by atoms with van der Waals surface area (Å²) in [6.07, 6.45) is -1.49. The third kappa shape index (κ3) is 2.49. The Morgan fingerprint density at radius 3 is 2.57 bits per heavy atom. The molecule has 0 saturated carbocycles. The van der Waals surface area contributed by atoms with Gasteiger partial charge in [0.25, 0.3) is 0 Å². The third-order valence-corrected chi connectivity index (χ3v) is 3.77. The summed E-state index contributed by atoms with van der Waals surface area (Å²) in [4.78, 5) is 7.64. The molecule has 6 heteroatoms. The van der Waals surface area contributed by atoms with Crippen LogP contribution in [0.15, 0.2) is 30.7 Å². The van der Waals surface area contributed by atoms with E-state index in [9.17, 15) is 0 Å². The van der Waals surface area contributed by atoms with Crippen LogP contribution in [0.4, 0.5) is 0 Å². The van der Waals surface area contributed by atoms with Gasteiger partial charge in [-0.25, -0.2) is 4.98 Å². The fourth-order valence-corrected chi connectivity index (χ4v) is 1.82. The van der Waals surface area contributed by atoms with Gasteiger partial charge >= 0.3 is 7.12 Å². The molecule has 0 spiro atoms. The van der Waals surface area contributed by atoms with Crippen LogP contribution in [0.1, 0.15) is 44.4 Å². The van der Waals surface area contributed by atoms with Crippen LogP contribution in [-0.2, 0) is 9.31 Å². The smallest absolute Gasteiger partial charge is 0.398 e. The molecule has 110 valence electrons. The number of nitrogens with zero attached hydrogens (tertiary/aromatic N) is 3. The van der Waals surface area contributed by atoms with E-state index in [2.05, 4.69) is 9.97 Å². The Morgan fingerprint density at radius 2 is 1.90 bits per heavy atom. The second-order valence-electron chi connectivity index (χ2n) is 5.80. The van der Waals surface area contributed by atoms with Crippen LogP contribution >= 0.6 is 0 Å². The summed E-state index contributed by atoms with van der Waals surface area (Å²) in [6, 6.07) is -1.32. The standard InChI is InChI=1S/C15H20BN3O2/c1-11-6-7-12(8-17-11)19-9-13(18-10-19)16-20-14(2,3)15(4,5)21-16/h6-10H,1-5H3/i1D3,6D,7D,8D,9D,10D. The lowest BCUT2D eigenvalue weighted by Crippen LogP contribution is -2.41. The van der Waals surface area contributed by atoms with Gasteiger partial charge in [0.2, 0.25) is 0 Å². The van der Waals surface area contributed by atoms with Crippen molar-refractivity contribution in [2.75, 3.05) is 0 Å². The first-order chi connectivity index (χ1) is 13.1. The molecule has 3 rings (SSSR count). The maximum atomic E-state index is 8.42. The van der Waals surface area contributed by atoms with Gasteiger partial charge in [-0.2, -0.15) is 0 Å². The highest BCUT2D eigenvalue weighted by molar-refractivity contribution is 6.61. The lowest BCUT2D eigenvalue weighted by Gasteiger charge is -2.32. The van der Waals surface area contributed by atoms with E-state index >= 15 is 0 Å². The number of hydrogen-bond donors (Lipinski definition) is 0. The normalized spacial score (nSPS) is 26.0. The van der Waals surface area contributed by atoms with Crippen molar-refractivity contribution in [2.24, 2.45) is 0 Å². The average molecular weight is 293 g/mol. The topological polar surface area (TPSA) is 49.2 Å². The molecule has 0 radical (unpaired) electrons. The van der Waals surface area contributed by atoms with Crippen LogP contribution in [0.5, 0.6) is 0 Å². The zero-order valence-corrected chi connectivity index (χ0v) is 12.2. The van der Waals surface area contributed by atoms with E-state index in [1.165, 1.54) is 0 Å². The molecule has 5 nitrogen and oxygen atoms in total. The number of hydrogen-bond acceptors (Lipinski definition) is 4. The van der Waals surface area contributed by atoms with Gasteiger partial charge in [0.1, 0.15) is 1.37 Å². The van der Waals surface area contributed by atoms with Crippen molar-refractivity contribution in [3.05, 3.63) is 36.4 Å². The highest BCUT2D eigenvalue weighted by Crippen LogP contribution is 2.36. The Kier molecular flexibility index (Phi) is 1.68. The molecule has 0 N–H and O–H groups in total. The Labute approximate surface area is 136 Å². The Hall–Kier alpha value is -1.66. The van der Waals surface area contributed by atoms with E-state index < -0.39 is 55.4 Å². The number of rotatable bonds is 2. The number of aromatic nitrogens is 3. The molecule has 0 aromatic carbocycles. The molecule has 1 aliphatic rings. The fourth-order valence-electron chi connectivity index (χ4n) is 1.82. The average Bonchev–Trinajstić information content (AvgIpc) is 2.96. The molecule has 2 aromatic rings. The van der Waals surface area contributed by atoms with Crippen LogP contribution in [0, 0.1) is 6.85 Å². The van der Waals surface area contributed by atoms with Crippen LogP contribution in [0.2, 0.25) is 0 Å². The summed E-state index contributed by atoms with van der Waals surface area (Å²) in [7, 11) is -1.04. The van der Waals surface area contributed by atoms with Gasteiger partial charge in [0.15, 0.2) is 0 Å². The maximum Gasteiger partial charge on any atom is 0.516 e. The number of imidazole rings is 1. The third-order valence-electron chi connectivity index (χ3n) is 3.77. The molecule has 1 saturated heterocycles. The van der Waals surface area contributed by atoms with Crippen molar-refractivity contribution in [1.82, 2.24) is 14.5 Å². The highest BCUT2D eigenvalue weighted by Gasteiger charge is 2.52. The van der Waals surface area contributed by atoms with E-state index in [0.717, 1.165) is 4.57 Å². The molecular weight excluding hydrogens is 265 g/mol. The predicted octanol–water partition coefficient (Wildman–Crippen LogP) is 1.87. The van der Waals surface area contributed by atoms with Crippen molar-refractivity contribution in [3.63, 3.8) is 0 Å². The fraction of sp³-hybridized carbons (Fsp3) is 0.467. The Bertz CT molecular complexity index is 973. The minimum Gasteiger partial charge on any atom is -0.398 e. The lowest BCUT2D eigenvalue weighted by molar-refractivity contribution is 0.00578. The Balaban J connectivity index is 2.15. The summed E-state index contributed by atoms with van der Waals surface area (Å²) in [6.45, 7) is 4.52. The summed E-state index contributed by atoms with van der Waals surface area (Å²) in [5.74, 6) is 0. The van der Waals surface area contributed by atoms with Crippen molar-refractivity contribution < 1.29 is 20.3 Å². The molecule has 1 fully saturated rings. The first-order valence-corrected chi connectivity index (χ1v) is 6.48. The van der Waals surface area contributed by atoms with Crippen LogP contribution < -0.4 is 5.59 Å². The number of aryl methyl sites for hydroxylation is 1. The van der Waals surface area contributed by atoms with Crippen molar-refractivity contribution >= 4 is 12.7 Å². The van der Waals surface area contributed by atoms with Crippen molar-refractivity contribution in [3.8, 4) is 5.69 Å². The molecule has 3 heterocycles. The van der Waals surface area contributed by atoms with Crippen LogP contribution in [0.25, 0.3) is 5.69 Å². The molecule has 0 aliphatic carbocycles. The maximum absolute atomic E-state index is 8.42. The monoisotopic (exact) mass is 293 g/mol. The second kappa shape index (κ2) is 4.68. The molecule has 1 aliphatic heterocycles. The van der Waals surface area contributed by atoms with Gasteiger partial charge in [-0.1, -0.05) is 0 Å². The Morgan fingerprint density at radius 1 is 1.19 bits per heavy atom. The van der Waals surface area contributed by atoms with Gasteiger partial charge in [-0.3, -0.25) is 4.98 Å². The molecule has 21 heavy (non-hydrogen) atoms. The quantitative estimate of drug-likeness (QED) is 0.793. The first-order valence-electron chi connectivity index (χ1n) is 10.5. The SMILES string of the molecule is [2H]c1nc(C([2H])([2H])[2H])c([2H])c([2H])c1-n1c([2H])nc(B2OC(C)(C)C(C)(C)O2)c1[2H]. The summed E-state index contributed by atoms with van der Waals surface area (Å²) >= 11 is 0. The van der Waals surface area contributed by atoms with E-state index in [-0.39, 0.29) is 17.5 Å². The van der Waals surface area contributed by atoms with Gasteiger partial charge in [-0.05, 0) is 46.6 Å². The number of pyridine rings is 1.